The standard InChI is InChI=1S/C12H9F2NO3S.C12H11F2NO2S.CH4/c1-18-7-4-2-6(3-5-7)11-15-8(10(13)14)9(19-11)12(16)17;1-17-8-4-2-7(3-5-8)12-15-10(11(13)14)9(6-16)18-12;/h2-5,10H,1H3,(H,16,17);2-5,11,16H,6H2,1H3;1H4. The molecule has 4 aromatic rings. The van der Waals surface area contributed by atoms with E-state index in [9.17, 15) is 22.4 Å². The predicted octanol–water partition coefficient (Wildman–Crippen LogP) is 7.34. The van der Waals surface area contributed by atoms with Gasteiger partial charge in [0.05, 0.1) is 25.7 Å². The van der Waals surface area contributed by atoms with E-state index in [1.807, 2.05) is 0 Å². The number of alkyl halides is 4. The van der Waals surface area contributed by atoms with Crippen LogP contribution >= 0.6 is 22.7 Å². The number of aromatic carboxylic acids is 1. The van der Waals surface area contributed by atoms with E-state index in [-0.39, 0.29) is 23.0 Å². The third-order valence-electron chi connectivity index (χ3n) is 4.81. The molecule has 0 bridgehead atoms. The maximum atomic E-state index is 12.7. The third-order valence-corrected chi connectivity index (χ3v) is 7.02. The van der Waals surface area contributed by atoms with Crippen LogP contribution in [0.1, 0.15) is 46.2 Å². The number of halogens is 4. The van der Waals surface area contributed by atoms with Gasteiger partial charge in [-0.15, -0.1) is 22.7 Å². The number of thiazole rings is 2. The van der Waals surface area contributed by atoms with Crippen molar-refractivity contribution in [3.05, 3.63) is 69.7 Å². The predicted molar refractivity (Wildman–Crippen MR) is 138 cm³/mol. The average Bonchev–Trinajstić information content (AvgIpc) is 3.55. The second-order valence-corrected chi connectivity index (χ2v) is 9.17. The molecule has 2 aromatic heterocycles. The fourth-order valence-electron chi connectivity index (χ4n) is 2.99. The normalized spacial score (nSPS) is 10.6. The summed E-state index contributed by atoms with van der Waals surface area (Å²) in [6.07, 6.45) is -5.58. The van der Waals surface area contributed by atoms with Gasteiger partial charge in [-0.3, -0.25) is 0 Å². The Kier molecular flexibility index (Phi) is 11.2. The number of ether oxygens (including phenoxy) is 2. The molecule has 0 aliphatic heterocycles. The van der Waals surface area contributed by atoms with Crippen molar-refractivity contribution < 1.29 is 42.0 Å². The number of benzene rings is 2. The SMILES string of the molecule is C.COc1ccc(-c2nc(C(F)F)c(C(=O)O)s2)cc1.COc1ccc(-c2nc(C(F)F)c(CO)s2)cc1. The highest BCUT2D eigenvalue weighted by molar-refractivity contribution is 7.17. The number of hydrogen-bond donors (Lipinski definition) is 2. The smallest absolute Gasteiger partial charge is 0.348 e. The minimum Gasteiger partial charge on any atom is -0.497 e. The highest BCUT2D eigenvalue weighted by Crippen LogP contribution is 2.35. The summed E-state index contributed by atoms with van der Waals surface area (Å²) < 4.78 is 60.7. The van der Waals surface area contributed by atoms with E-state index in [0.717, 1.165) is 28.2 Å². The zero-order chi connectivity index (χ0) is 27.1. The lowest BCUT2D eigenvalue weighted by atomic mass is 10.2. The summed E-state index contributed by atoms with van der Waals surface area (Å²) in [4.78, 5) is 18.2. The molecule has 0 aliphatic carbocycles. The molecule has 0 saturated carbocycles. The Labute approximate surface area is 224 Å². The molecule has 204 valence electrons. The van der Waals surface area contributed by atoms with Gasteiger partial charge in [-0.2, -0.15) is 0 Å². The lowest BCUT2D eigenvalue weighted by Crippen LogP contribution is -1.98. The summed E-state index contributed by atoms with van der Waals surface area (Å²) in [6.45, 7) is -0.423. The molecular weight excluding hydrogens is 548 g/mol. The van der Waals surface area contributed by atoms with E-state index in [1.165, 1.54) is 7.11 Å². The molecule has 0 aliphatic rings. The van der Waals surface area contributed by atoms with Crippen LogP contribution in [0.4, 0.5) is 17.6 Å². The first-order chi connectivity index (χ1) is 17.7. The second-order valence-electron chi connectivity index (χ2n) is 7.08. The van der Waals surface area contributed by atoms with E-state index in [0.29, 0.717) is 22.1 Å². The summed E-state index contributed by atoms with van der Waals surface area (Å²) in [5.41, 5.74) is 0.263. The van der Waals surface area contributed by atoms with Crippen molar-refractivity contribution in [3.8, 4) is 32.6 Å². The number of carboxylic acids is 1. The monoisotopic (exact) mass is 572 g/mol. The minimum atomic E-state index is -2.91. The molecule has 0 saturated heterocycles. The van der Waals surface area contributed by atoms with Crippen molar-refractivity contribution in [1.82, 2.24) is 9.97 Å². The summed E-state index contributed by atoms with van der Waals surface area (Å²) in [6, 6.07) is 13.5. The molecule has 0 radical (unpaired) electrons. The quantitative estimate of drug-likeness (QED) is 0.213. The Hall–Kier alpha value is -3.55. The molecule has 0 amide bonds. The van der Waals surface area contributed by atoms with Crippen LogP contribution in [0.3, 0.4) is 0 Å². The molecule has 0 unspecified atom stereocenters. The zero-order valence-electron chi connectivity index (χ0n) is 19.3. The van der Waals surface area contributed by atoms with Crippen molar-refractivity contribution in [2.75, 3.05) is 14.2 Å². The van der Waals surface area contributed by atoms with Crippen molar-refractivity contribution >= 4 is 28.6 Å². The number of carbonyl (C=O) groups is 1. The van der Waals surface area contributed by atoms with Gasteiger partial charge in [-0.05, 0) is 48.5 Å². The number of hydrogen-bond acceptors (Lipinski definition) is 8. The fourth-order valence-corrected chi connectivity index (χ4v) is 4.85. The number of aliphatic hydroxyl groups is 1. The van der Waals surface area contributed by atoms with Crippen LogP contribution in [-0.2, 0) is 6.61 Å². The van der Waals surface area contributed by atoms with E-state index in [4.69, 9.17) is 19.7 Å². The first-order valence-electron chi connectivity index (χ1n) is 10.4. The van der Waals surface area contributed by atoms with Gasteiger partial charge in [0.2, 0.25) is 0 Å². The van der Waals surface area contributed by atoms with Gasteiger partial charge in [-0.1, -0.05) is 7.43 Å². The molecular formula is C25H24F4N2O5S2. The number of carboxylic acid groups (broad SMARTS) is 1. The molecule has 38 heavy (non-hydrogen) atoms. The van der Waals surface area contributed by atoms with Crippen molar-refractivity contribution in [2.45, 2.75) is 26.9 Å². The molecule has 0 atom stereocenters. The largest absolute Gasteiger partial charge is 0.497 e. The molecule has 13 heteroatoms. The van der Waals surface area contributed by atoms with Crippen LogP contribution < -0.4 is 9.47 Å². The molecule has 0 fully saturated rings. The van der Waals surface area contributed by atoms with Gasteiger partial charge in [0.15, 0.2) is 0 Å². The molecule has 2 heterocycles. The molecule has 0 spiro atoms. The van der Waals surface area contributed by atoms with Crippen LogP contribution in [0.5, 0.6) is 11.5 Å². The Bertz CT molecular complexity index is 1330. The molecule has 7 nitrogen and oxygen atoms in total. The average molecular weight is 573 g/mol. The zero-order valence-corrected chi connectivity index (χ0v) is 21.0. The van der Waals surface area contributed by atoms with Crippen LogP contribution in [0.25, 0.3) is 21.1 Å². The van der Waals surface area contributed by atoms with Crippen LogP contribution in [-0.4, -0.2) is 40.4 Å². The topological polar surface area (TPSA) is 102 Å². The van der Waals surface area contributed by atoms with Gasteiger partial charge in [0.25, 0.3) is 12.9 Å². The fraction of sp³-hybridized carbons (Fsp3) is 0.240. The van der Waals surface area contributed by atoms with E-state index in [2.05, 4.69) is 9.97 Å². The highest BCUT2D eigenvalue weighted by atomic mass is 32.1. The number of rotatable bonds is 8. The second kappa shape index (κ2) is 13.8. The van der Waals surface area contributed by atoms with Crippen molar-refractivity contribution in [2.24, 2.45) is 0 Å². The van der Waals surface area contributed by atoms with Crippen molar-refractivity contribution in [1.29, 1.82) is 0 Å². The van der Waals surface area contributed by atoms with Crippen molar-refractivity contribution in [3.63, 3.8) is 0 Å². The van der Waals surface area contributed by atoms with Gasteiger partial charge in [-0.25, -0.2) is 32.3 Å². The maximum absolute atomic E-state index is 12.7. The van der Waals surface area contributed by atoms with Gasteiger partial charge >= 0.3 is 5.97 Å². The summed E-state index contributed by atoms with van der Waals surface area (Å²) in [5, 5.41) is 18.6. The van der Waals surface area contributed by atoms with Crippen LogP contribution in [0, 0.1) is 0 Å². The first kappa shape index (κ1) is 30.7. The Morgan fingerprint density at radius 2 is 1.24 bits per heavy atom. The summed E-state index contributed by atoms with van der Waals surface area (Å²) in [7, 11) is 3.06. The first-order valence-corrected chi connectivity index (χ1v) is 12.0. The van der Waals surface area contributed by atoms with Gasteiger partial charge < -0.3 is 19.7 Å². The molecule has 4 rings (SSSR count). The highest BCUT2D eigenvalue weighted by Gasteiger charge is 2.24. The maximum Gasteiger partial charge on any atom is 0.348 e. The van der Waals surface area contributed by atoms with E-state index >= 15 is 0 Å². The number of aliphatic hydroxyl groups excluding tert-OH is 1. The molecule has 2 N–H and O–H groups in total. The lowest BCUT2D eigenvalue weighted by molar-refractivity contribution is 0.0689. The van der Waals surface area contributed by atoms with Crippen LogP contribution in [0.2, 0.25) is 0 Å². The Morgan fingerprint density at radius 3 is 1.55 bits per heavy atom. The minimum absolute atomic E-state index is 0. The van der Waals surface area contributed by atoms with Gasteiger partial charge in [0.1, 0.15) is 37.8 Å². The number of nitrogens with zero attached hydrogens (tertiary/aromatic N) is 2. The number of aromatic nitrogens is 2. The number of methoxy groups -OCH3 is 2. The lowest BCUT2D eigenvalue weighted by Gasteiger charge is -2.00. The van der Waals surface area contributed by atoms with E-state index in [1.54, 1.807) is 55.6 Å². The Balaban J connectivity index is 0.000000260. The third kappa shape index (κ3) is 7.27. The summed E-state index contributed by atoms with van der Waals surface area (Å²) >= 11 is 1.80. The Morgan fingerprint density at radius 1 is 0.816 bits per heavy atom. The van der Waals surface area contributed by atoms with E-state index < -0.39 is 36.0 Å². The molecule has 2 aromatic carbocycles. The summed E-state index contributed by atoms with van der Waals surface area (Å²) in [5.74, 6) is -0.0906. The van der Waals surface area contributed by atoms with Crippen LogP contribution in [0.15, 0.2) is 48.5 Å². The van der Waals surface area contributed by atoms with Gasteiger partial charge in [0, 0.05) is 11.1 Å².